The zero-order chi connectivity index (χ0) is 23.6. The zero-order valence-electron chi connectivity index (χ0n) is 19.9. The van der Waals surface area contributed by atoms with Gasteiger partial charge in [0.25, 0.3) is 0 Å². The molecule has 0 aliphatic rings. The molecule has 0 radical (unpaired) electrons. The maximum Gasteiger partial charge on any atom is 0.0722 e. The number of benzene rings is 5. The van der Waals surface area contributed by atoms with Crippen molar-refractivity contribution in [2.45, 2.75) is 19.8 Å². The van der Waals surface area contributed by atoms with E-state index in [1.54, 1.807) is 0 Å². The second kappa shape index (κ2) is 9.19. The topological polar surface area (TPSA) is 12.9 Å². The molecule has 6 aromatic rings. The molecule has 0 unspecified atom stereocenters. The quantitative estimate of drug-likeness (QED) is 0.240. The first-order valence-electron chi connectivity index (χ1n) is 12.3. The van der Waals surface area contributed by atoms with Crippen molar-refractivity contribution in [1.29, 1.82) is 0 Å². The highest BCUT2D eigenvalue weighted by Crippen LogP contribution is 2.42. The van der Waals surface area contributed by atoms with Crippen molar-refractivity contribution in [1.82, 2.24) is 4.98 Å². The number of fused-ring (bicyclic) bond motifs is 2. The number of nitrogens with zero attached hydrogens (tertiary/aromatic N) is 1. The average Bonchev–Trinajstić information content (AvgIpc) is 2.92. The summed E-state index contributed by atoms with van der Waals surface area (Å²) in [5.41, 5.74) is 11.2. The maximum absolute atomic E-state index is 5.14. The molecular formula is C34H27N. The Morgan fingerprint density at radius 2 is 1.23 bits per heavy atom. The van der Waals surface area contributed by atoms with E-state index in [2.05, 4.69) is 128 Å². The van der Waals surface area contributed by atoms with Gasteiger partial charge in [0.2, 0.25) is 0 Å². The molecule has 0 aliphatic carbocycles. The minimum atomic E-state index is 0.977. The summed E-state index contributed by atoms with van der Waals surface area (Å²) in [5, 5.41) is 2.44. The molecule has 0 fully saturated rings. The smallest absolute Gasteiger partial charge is 0.0722 e. The van der Waals surface area contributed by atoms with Gasteiger partial charge in [-0.1, -0.05) is 109 Å². The summed E-state index contributed by atoms with van der Waals surface area (Å²) in [5.74, 6) is 0. The molecule has 1 aromatic heterocycles. The average molecular weight is 450 g/mol. The highest BCUT2D eigenvalue weighted by molar-refractivity contribution is 6.15. The van der Waals surface area contributed by atoms with Gasteiger partial charge in [-0.2, -0.15) is 0 Å². The van der Waals surface area contributed by atoms with Crippen molar-refractivity contribution >= 4 is 21.8 Å². The maximum atomic E-state index is 5.14. The highest BCUT2D eigenvalue weighted by atomic mass is 14.7. The van der Waals surface area contributed by atoms with E-state index in [0.717, 1.165) is 23.9 Å². The van der Waals surface area contributed by atoms with Crippen LogP contribution < -0.4 is 0 Å². The van der Waals surface area contributed by atoms with Crippen molar-refractivity contribution in [3.8, 4) is 22.3 Å². The summed E-state index contributed by atoms with van der Waals surface area (Å²) in [6.07, 6.45) is 1.98. The summed E-state index contributed by atoms with van der Waals surface area (Å²) < 4.78 is 0. The van der Waals surface area contributed by atoms with Crippen LogP contribution >= 0.6 is 0 Å². The summed E-state index contributed by atoms with van der Waals surface area (Å²) in [7, 11) is 0. The van der Waals surface area contributed by atoms with Crippen molar-refractivity contribution in [2.24, 2.45) is 0 Å². The lowest BCUT2D eigenvalue weighted by Crippen LogP contribution is -1.99. The Bertz CT molecular complexity index is 1630. The first-order chi connectivity index (χ1) is 17.3. The predicted octanol–water partition coefficient (Wildman–Crippen LogP) is 8.82. The van der Waals surface area contributed by atoms with Gasteiger partial charge >= 0.3 is 0 Å². The largest absolute Gasteiger partial charge is 0.248 e. The second-order valence-corrected chi connectivity index (χ2v) is 9.16. The molecule has 168 valence electrons. The summed E-state index contributed by atoms with van der Waals surface area (Å²) in [6, 6.07) is 43.4. The van der Waals surface area contributed by atoms with Gasteiger partial charge in [0.15, 0.2) is 0 Å². The molecule has 0 saturated carbocycles. The Balaban J connectivity index is 1.70. The molecule has 5 aromatic carbocycles. The fraction of sp³-hybridized carbons (Fsp3) is 0.0882. The van der Waals surface area contributed by atoms with Gasteiger partial charge < -0.3 is 0 Å². The Morgan fingerprint density at radius 1 is 0.543 bits per heavy atom. The highest BCUT2D eigenvalue weighted by Gasteiger charge is 2.19. The Morgan fingerprint density at radius 3 is 2.03 bits per heavy atom. The van der Waals surface area contributed by atoms with Crippen LogP contribution in [0.15, 0.2) is 121 Å². The normalized spacial score (nSPS) is 11.2. The third-order valence-electron chi connectivity index (χ3n) is 6.94. The summed E-state index contributed by atoms with van der Waals surface area (Å²) >= 11 is 0. The third kappa shape index (κ3) is 4.00. The van der Waals surface area contributed by atoms with Crippen molar-refractivity contribution in [2.75, 3.05) is 0 Å². The van der Waals surface area contributed by atoms with Crippen LogP contribution in [0.3, 0.4) is 0 Å². The first kappa shape index (κ1) is 21.3. The number of hydrogen-bond donors (Lipinski definition) is 0. The molecule has 0 bridgehead atoms. The van der Waals surface area contributed by atoms with Crippen LogP contribution in [0, 0.1) is 6.92 Å². The van der Waals surface area contributed by atoms with E-state index >= 15 is 0 Å². The predicted molar refractivity (Wildman–Crippen MR) is 149 cm³/mol. The molecule has 6 rings (SSSR count). The molecule has 0 N–H and O–H groups in total. The van der Waals surface area contributed by atoms with Crippen LogP contribution in [-0.4, -0.2) is 4.98 Å². The third-order valence-corrected chi connectivity index (χ3v) is 6.94. The second-order valence-electron chi connectivity index (χ2n) is 9.16. The monoisotopic (exact) mass is 449 g/mol. The van der Waals surface area contributed by atoms with E-state index in [0.29, 0.717) is 0 Å². The van der Waals surface area contributed by atoms with Crippen LogP contribution in [0.25, 0.3) is 44.1 Å². The van der Waals surface area contributed by atoms with E-state index in [1.165, 1.54) is 49.7 Å². The molecule has 1 heteroatoms. The van der Waals surface area contributed by atoms with E-state index in [1.807, 2.05) is 0 Å². The molecule has 35 heavy (non-hydrogen) atoms. The van der Waals surface area contributed by atoms with Gasteiger partial charge in [-0.05, 0) is 65.3 Å². The Hall–Kier alpha value is -4.23. The molecule has 0 aliphatic heterocycles. The van der Waals surface area contributed by atoms with Gasteiger partial charge in [-0.15, -0.1) is 0 Å². The fourth-order valence-corrected chi connectivity index (χ4v) is 5.23. The lowest BCUT2D eigenvalue weighted by atomic mass is 9.85. The van der Waals surface area contributed by atoms with E-state index in [4.69, 9.17) is 4.98 Å². The van der Waals surface area contributed by atoms with Crippen molar-refractivity contribution < 1.29 is 0 Å². The van der Waals surface area contributed by atoms with Crippen LogP contribution in [0.4, 0.5) is 0 Å². The van der Waals surface area contributed by atoms with Gasteiger partial charge in [0, 0.05) is 16.3 Å². The van der Waals surface area contributed by atoms with E-state index < -0.39 is 0 Å². The van der Waals surface area contributed by atoms with Crippen LogP contribution in [0.2, 0.25) is 0 Å². The number of para-hydroxylation sites is 1. The number of hydrogen-bond acceptors (Lipinski definition) is 1. The Kier molecular flexibility index (Phi) is 5.60. The van der Waals surface area contributed by atoms with Crippen molar-refractivity contribution in [3.05, 3.63) is 138 Å². The molecule has 0 spiro atoms. The SMILES string of the molecule is Cc1ccccc1-c1c(CCc2ccccc2)ccc2nc3ccccc3c(-c3ccccc3)c12. The molecule has 0 amide bonds. The van der Waals surface area contributed by atoms with E-state index in [9.17, 15) is 0 Å². The zero-order valence-corrected chi connectivity index (χ0v) is 19.9. The number of aromatic nitrogens is 1. The minimum Gasteiger partial charge on any atom is -0.248 e. The molecular weight excluding hydrogens is 422 g/mol. The summed E-state index contributed by atoms with van der Waals surface area (Å²) in [6.45, 7) is 2.21. The fourth-order valence-electron chi connectivity index (χ4n) is 5.23. The molecule has 1 nitrogen and oxygen atoms in total. The number of rotatable bonds is 5. The standard InChI is InChI=1S/C34H27N/c1-24-12-8-9-17-28(24)32-27(21-20-25-13-4-2-5-14-25)22-23-31-34(32)33(26-15-6-3-7-16-26)29-18-10-11-19-30(29)35-31/h2-19,22-23H,20-21H2,1H3. The number of pyridine rings is 1. The summed E-state index contributed by atoms with van der Waals surface area (Å²) in [4.78, 5) is 5.14. The van der Waals surface area contributed by atoms with Crippen LogP contribution in [0.5, 0.6) is 0 Å². The lowest BCUT2D eigenvalue weighted by Gasteiger charge is -2.20. The molecule has 0 saturated heterocycles. The van der Waals surface area contributed by atoms with Crippen LogP contribution in [-0.2, 0) is 12.8 Å². The molecule has 1 heterocycles. The van der Waals surface area contributed by atoms with Gasteiger partial charge in [-0.25, -0.2) is 4.98 Å². The molecule has 0 atom stereocenters. The van der Waals surface area contributed by atoms with E-state index in [-0.39, 0.29) is 0 Å². The lowest BCUT2D eigenvalue weighted by molar-refractivity contribution is 0.963. The van der Waals surface area contributed by atoms with Crippen LogP contribution in [0.1, 0.15) is 16.7 Å². The van der Waals surface area contributed by atoms with Crippen molar-refractivity contribution in [3.63, 3.8) is 0 Å². The van der Waals surface area contributed by atoms with Gasteiger partial charge in [-0.3, -0.25) is 0 Å². The minimum absolute atomic E-state index is 0.977. The first-order valence-corrected chi connectivity index (χ1v) is 12.3. The van der Waals surface area contributed by atoms with Gasteiger partial charge in [0.1, 0.15) is 0 Å². The Labute approximate surface area is 206 Å². The van der Waals surface area contributed by atoms with Gasteiger partial charge in [0.05, 0.1) is 11.0 Å². The number of aryl methyl sites for hydroxylation is 3.